The van der Waals surface area contributed by atoms with Crippen LogP contribution in [0.25, 0.3) is 0 Å². The first kappa shape index (κ1) is 20.0. The Labute approximate surface area is 161 Å². The Balaban J connectivity index is 1.31. The molecule has 0 bridgehead atoms. The highest BCUT2D eigenvalue weighted by Gasteiger charge is 2.28. The lowest BCUT2D eigenvalue weighted by Crippen LogP contribution is -2.46. The van der Waals surface area contributed by atoms with E-state index in [0.717, 1.165) is 51.7 Å². The van der Waals surface area contributed by atoms with Gasteiger partial charge in [0.1, 0.15) is 0 Å². The van der Waals surface area contributed by atoms with E-state index in [1.807, 2.05) is 23.1 Å². The molecule has 7 nitrogen and oxygen atoms in total. The Kier molecular flexibility index (Phi) is 7.43. The van der Waals surface area contributed by atoms with Crippen LogP contribution in [-0.2, 0) is 0 Å². The van der Waals surface area contributed by atoms with Crippen molar-refractivity contribution in [1.29, 1.82) is 0 Å². The Hall–Kier alpha value is -1.70. The number of hydrogen-bond donors (Lipinski definition) is 3. The number of nitrogens with one attached hydrogen (secondary N) is 1. The topological polar surface area (TPSA) is 88.9 Å². The van der Waals surface area contributed by atoms with E-state index in [4.69, 9.17) is 0 Å². The maximum Gasteiger partial charge on any atom is 0.317 e. The summed E-state index contributed by atoms with van der Waals surface area (Å²) < 4.78 is 0. The summed E-state index contributed by atoms with van der Waals surface area (Å²) in [7, 11) is 0. The van der Waals surface area contributed by atoms with E-state index in [-0.39, 0.29) is 18.1 Å². The molecule has 0 unspecified atom stereocenters. The molecule has 2 aliphatic rings. The molecule has 1 atom stereocenters. The summed E-state index contributed by atoms with van der Waals surface area (Å²) in [6, 6.07) is 5.58. The van der Waals surface area contributed by atoms with Crippen LogP contribution in [0, 0.1) is 5.92 Å². The maximum absolute atomic E-state index is 12.3. The first-order valence-electron chi connectivity index (χ1n) is 10.2. The Morgan fingerprint density at radius 2 is 1.93 bits per heavy atom. The molecule has 7 heteroatoms. The normalized spacial score (nSPS) is 21.2. The zero-order valence-corrected chi connectivity index (χ0v) is 16.0. The van der Waals surface area contributed by atoms with Gasteiger partial charge in [-0.3, -0.25) is 4.98 Å². The smallest absolute Gasteiger partial charge is 0.317 e. The number of amides is 2. The number of urea groups is 1. The Morgan fingerprint density at radius 3 is 2.59 bits per heavy atom. The zero-order chi connectivity index (χ0) is 19.1. The fourth-order valence-corrected chi connectivity index (χ4v) is 3.96. The zero-order valence-electron chi connectivity index (χ0n) is 16.0. The Morgan fingerprint density at radius 1 is 1.19 bits per heavy atom. The van der Waals surface area contributed by atoms with Crippen molar-refractivity contribution in [2.45, 2.75) is 44.3 Å². The fraction of sp³-hybridized carbons (Fsp3) is 0.700. The molecule has 1 aromatic heterocycles. The van der Waals surface area contributed by atoms with Crippen LogP contribution in [0.15, 0.2) is 24.4 Å². The second kappa shape index (κ2) is 10.0. The predicted octanol–water partition coefficient (Wildman–Crippen LogP) is 1.38. The molecule has 0 aromatic carbocycles. The number of aliphatic hydroxyl groups excluding tert-OH is 2. The average molecular weight is 377 g/mol. The summed E-state index contributed by atoms with van der Waals surface area (Å²) in [5.41, 5.74) is 0.714. The molecule has 0 radical (unpaired) electrons. The van der Waals surface area contributed by atoms with Gasteiger partial charge in [0, 0.05) is 38.9 Å². The quantitative estimate of drug-likeness (QED) is 0.653. The molecule has 0 aliphatic carbocycles. The van der Waals surface area contributed by atoms with E-state index >= 15 is 0 Å². The number of pyridine rings is 1. The van der Waals surface area contributed by atoms with Crippen LogP contribution in [0.1, 0.15) is 43.9 Å². The number of carbonyl (C=O) groups is 1. The summed E-state index contributed by atoms with van der Waals surface area (Å²) in [5.74, 6) is 0.151. The minimum Gasteiger partial charge on any atom is -0.393 e. The standard InChI is InChI=1S/C20H32N4O3/c25-17-7-12-23(13-8-17)11-3-10-22-20(27)24-14-5-16(6-15-24)19(26)18-4-1-2-9-21-18/h1-2,4,9,16-17,19,25-26H,3,5-8,10-15H2,(H,22,27)/t19-/m1/s1. The molecule has 0 saturated carbocycles. The van der Waals surface area contributed by atoms with Gasteiger partial charge in [0.15, 0.2) is 0 Å². The summed E-state index contributed by atoms with van der Waals surface area (Å²) in [5, 5.41) is 23.0. The van der Waals surface area contributed by atoms with Crippen molar-refractivity contribution in [2.24, 2.45) is 5.92 Å². The minimum absolute atomic E-state index is 0.00478. The number of nitrogens with zero attached hydrogens (tertiary/aromatic N) is 3. The van der Waals surface area contributed by atoms with Gasteiger partial charge in [-0.25, -0.2) is 4.79 Å². The van der Waals surface area contributed by atoms with Crippen LogP contribution < -0.4 is 5.32 Å². The lowest BCUT2D eigenvalue weighted by Gasteiger charge is -2.34. The van der Waals surface area contributed by atoms with Crippen molar-refractivity contribution in [2.75, 3.05) is 39.3 Å². The van der Waals surface area contributed by atoms with Crippen LogP contribution >= 0.6 is 0 Å². The van der Waals surface area contributed by atoms with Crippen LogP contribution in [-0.4, -0.2) is 76.4 Å². The van der Waals surface area contributed by atoms with E-state index in [1.165, 1.54) is 0 Å². The number of aliphatic hydroxyl groups is 2. The molecule has 2 saturated heterocycles. The molecule has 3 rings (SSSR count). The number of piperidine rings is 2. The molecule has 150 valence electrons. The number of carbonyl (C=O) groups excluding carboxylic acids is 1. The van der Waals surface area contributed by atoms with Gasteiger partial charge < -0.3 is 25.3 Å². The average Bonchev–Trinajstić information content (AvgIpc) is 2.72. The van der Waals surface area contributed by atoms with Gasteiger partial charge in [-0.05, 0) is 56.7 Å². The predicted molar refractivity (Wildman–Crippen MR) is 103 cm³/mol. The lowest BCUT2D eigenvalue weighted by atomic mass is 9.89. The van der Waals surface area contributed by atoms with Crippen LogP contribution in [0.5, 0.6) is 0 Å². The molecule has 3 N–H and O–H groups in total. The highest BCUT2D eigenvalue weighted by Crippen LogP contribution is 2.29. The highest BCUT2D eigenvalue weighted by molar-refractivity contribution is 5.74. The molecule has 2 amide bonds. The molecule has 0 spiro atoms. The first-order valence-corrected chi connectivity index (χ1v) is 10.2. The fourth-order valence-electron chi connectivity index (χ4n) is 3.96. The number of hydrogen-bond acceptors (Lipinski definition) is 5. The van der Waals surface area contributed by atoms with Crippen molar-refractivity contribution in [3.05, 3.63) is 30.1 Å². The third-order valence-corrected chi connectivity index (χ3v) is 5.75. The molecular formula is C20H32N4O3. The summed E-state index contributed by atoms with van der Waals surface area (Å²) in [6.07, 6.45) is 5.23. The second-order valence-corrected chi connectivity index (χ2v) is 7.68. The van der Waals surface area contributed by atoms with Gasteiger partial charge in [0.05, 0.1) is 17.9 Å². The third kappa shape index (κ3) is 5.89. The van der Waals surface area contributed by atoms with E-state index in [1.54, 1.807) is 6.20 Å². The van der Waals surface area contributed by atoms with Gasteiger partial charge in [-0.2, -0.15) is 0 Å². The summed E-state index contributed by atoms with van der Waals surface area (Å²) >= 11 is 0. The van der Waals surface area contributed by atoms with Crippen molar-refractivity contribution in [1.82, 2.24) is 20.1 Å². The Bertz CT molecular complexity index is 570. The van der Waals surface area contributed by atoms with Gasteiger partial charge in [0.2, 0.25) is 0 Å². The minimum atomic E-state index is -0.556. The molecule has 3 heterocycles. The van der Waals surface area contributed by atoms with Gasteiger partial charge in [0.25, 0.3) is 0 Å². The van der Waals surface area contributed by atoms with Crippen LogP contribution in [0.2, 0.25) is 0 Å². The van der Waals surface area contributed by atoms with Crippen LogP contribution in [0.3, 0.4) is 0 Å². The van der Waals surface area contributed by atoms with Gasteiger partial charge in [-0.1, -0.05) is 6.07 Å². The van der Waals surface area contributed by atoms with E-state index < -0.39 is 6.10 Å². The second-order valence-electron chi connectivity index (χ2n) is 7.68. The molecule has 27 heavy (non-hydrogen) atoms. The van der Waals surface area contributed by atoms with E-state index in [2.05, 4.69) is 15.2 Å². The van der Waals surface area contributed by atoms with Crippen molar-refractivity contribution < 1.29 is 15.0 Å². The molecule has 1 aromatic rings. The molecule has 2 fully saturated rings. The molecular weight excluding hydrogens is 344 g/mol. The number of rotatable bonds is 6. The van der Waals surface area contributed by atoms with Crippen LogP contribution in [0.4, 0.5) is 4.79 Å². The number of aromatic nitrogens is 1. The van der Waals surface area contributed by atoms with Gasteiger partial charge in [-0.15, -0.1) is 0 Å². The third-order valence-electron chi connectivity index (χ3n) is 5.75. The SMILES string of the molecule is O=C(NCCCN1CCC(O)CC1)N1CCC([C@@H](O)c2ccccn2)CC1. The molecule has 2 aliphatic heterocycles. The van der Waals surface area contributed by atoms with E-state index in [0.29, 0.717) is 25.3 Å². The lowest BCUT2D eigenvalue weighted by molar-refractivity contribution is 0.0634. The van der Waals surface area contributed by atoms with Gasteiger partial charge >= 0.3 is 6.03 Å². The van der Waals surface area contributed by atoms with E-state index in [9.17, 15) is 15.0 Å². The largest absolute Gasteiger partial charge is 0.393 e. The number of likely N-dealkylation sites (tertiary alicyclic amines) is 2. The first-order chi connectivity index (χ1) is 13.1. The van der Waals surface area contributed by atoms with Crippen molar-refractivity contribution in [3.8, 4) is 0 Å². The maximum atomic E-state index is 12.3. The summed E-state index contributed by atoms with van der Waals surface area (Å²) in [4.78, 5) is 20.8. The van der Waals surface area contributed by atoms with Crippen molar-refractivity contribution in [3.63, 3.8) is 0 Å². The van der Waals surface area contributed by atoms with Crippen molar-refractivity contribution >= 4 is 6.03 Å². The highest BCUT2D eigenvalue weighted by atomic mass is 16.3. The monoisotopic (exact) mass is 376 g/mol. The summed E-state index contributed by atoms with van der Waals surface area (Å²) in [6.45, 7) is 4.87.